The van der Waals surface area contributed by atoms with Crippen molar-refractivity contribution < 1.29 is 31.9 Å². The molecule has 1 fully saturated rings. The Balaban J connectivity index is 1.31. The highest BCUT2D eigenvalue weighted by molar-refractivity contribution is 7.92. The van der Waals surface area contributed by atoms with Crippen LogP contribution in [0, 0.1) is 5.82 Å². The number of anilines is 1. The summed E-state index contributed by atoms with van der Waals surface area (Å²) in [5.74, 6) is -0.901. The summed E-state index contributed by atoms with van der Waals surface area (Å²) >= 11 is 0. The highest BCUT2D eigenvalue weighted by Crippen LogP contribution is 2.21. The van der Waals surface area contributed by atoms with Gasteiger partial charge in [-0.2, -0.15) is 0 Å². The van der Waals surface area contributed by atoms with Gasteiger partial charge in [0.25, 0.3) is 15.9 Å². The van der Waals surface area contributed by atoms with E-state index < -0.39 is 27.8 Å². The molecule has 1 aliphatic rings. The van der Waals surface area contributed by atoms with E-state index in [0.717, 1.165) is 36.1 Å². The number of hydrogen-bond acceptors (Lipinski definition) is 6. The molecule has 1 saturated heterocycles. The van der Waals surface area contributed by atoms with Crippen LogP contribution >= 0.6 is 0 Å². The van der Waals surface area contributed by atoms with Gasteiger partial charge in [-0.1, -0.05) is 60.7 Å². The third-order valence-electron chi connectivity index (χ3n) is 7.59. The maximum absolute atomic E-state index is 13.8. The minimum absolute atomic E-state index is 0.0351. The number of rotatable bonds is 14. The predicted molar refractivity (Wildman–Crippen MR) is 172 cm³/mol. The number of halogens is 1. The molecule has 0 spiro atoms. The number of amides is 2. The molecule has 0 radical (unpaired) electrons. The standard InChI is InChI=1S/C35H36FN3O6S/c36-28-13-15-29(16-14-28)38-46(42,43)32-19-17-30(18-20-32)45-25-34(40)39(24-27-10-5-2-6-11-27)33(22-26-8-3-1-4-9-26)35(41)37-23-31-12-7-21-44-31/h1-6,8-11,13-20,31,33,38H,7,12,21-25H2,(H,37,41)/t31-,33-/m1/s1. The average molecular weight is 646 g/mol. The van der Waals surface area contributed by atoms with E-state index in [1.165, 1.54) is 41.3 Å². The third kappa shape index (κ3) is 9.15. The molecule has 1 aliphatic heterocycles. The molecule has 2 atom stereocenters. The fourth-order valence-corrected chi connectivity index (χ4v) is 6.21. The molecule has 46 heavy (non-hydrogen) atoms. The van der Waals surface area contributed by atoms with E-state index >= 15 is 0 Å². The zero-order valence-corrected chi connectivity index (χ0v) is 26.0. The second kappa shape index (κ2) is 15.5. The lowest BCUT2D eigenvalue weighted by molar-refractivity contribution is -0.143. The fraction of sp³-hybridized carbons (Fsp3) is 0.257. The van der Waals surface area contributed by atoms with Crippen LogP contribution in [0.4, 0.5) is 10.1 Å². The van der Waals surface area contributed by atoms with Crippen LogP contribution in [0.3, 0.4) is 0 Å². The topological polar surface area (TPSA) is 114 Å². The molecule has 1 heterocycles. The molecule has 0 saturated carbocycles. The Hall–Kier alpha value is -4.74. The summed E-state index contributed by atoms with van der Waals surface area (Å²) in [6, 6.07) is 28.7. The summed E-state index contributed by atoms with van der Waals surface area (Å²) in [4.78, 5) is 29.0. The molecule has 11 heteroatoms. The SMILES string of the molecule is O=C(NC[C@H]1CCCO1)[C@@H](Cc1ccccc1)N(Cc1ccccc1)C(=O)COc1ccc(S(=O)(=O)Nc2ccc(F)cc2)cc1. The fourth-order valence-electron chi connectivity index (χ4n) is 5.15. The van der Waals surface area contributed by atoms with Gasteiger partial charge in [0, 0.05) is 31.8 Å². The number of carbonyl (C=O) groups excluding carboxylic acids is 2. The lowest BCUT2D eigenvalue weighted by atomic mass is 10.0. The van der Waals surface area contributed by atoms with Crippen LogP contribution in [0.15, 0.2) is 114 Å². The van der Waals surface area contributed by atoms with Crippen LogP contribution < -0.4 is 14.8 Å². The van der Waals surface area contributed by atoms with Gasteiger partial charge in [-0.25, -0.2) is 12.8 Å². The third-order valence-corrected chi connectivity index (χ3v) is 8.98. The summed E-state index contributed by atoms with van der Waals surface area (Å²) in [5, 5.41) is 3.00. The summed E-state index contributed by atoms with van der Waals surface area (Å²) in [7, 11) is -3.94. The van der Waals surface area contributed by atoms with Gasteiger partial charge in [0.15, 0.2) is 6.61 Å². The molecule has 0 bridgehead atoms. The quantitative estimate of drug-likeness (QED) is 0.201. The number of ether oxygens (including phenoxy) is 2. The molecule has 2 amide bonds. The predicted octanol–water partition coefficient (Wildman–Crippen LogP) is 4.94. The number of carbonyl (C=O) groups is 2. The van der Waals surface area contributed by atoms with Crippen molar-refractivity contribution in [2.45, 2.75) is 42.8 Å². The van der Waals surface area contributed by atoms with Crippen LogP contribution in [-0.4, -0.2) is 57.0 Å². The van der Waals surface area contributed by atoms with Crippen LogP contribution in [0.1, 0.15) is 24.0 Å². The van der Waals surface area contributed by atoms with Gasteiger partial charge in [0.1, 0.15) is 17.6 Å². The van der Waals surface area contributed by atoms with Crippen molar-refractivity contribution in [2.75, 3.05) is 24.5 Å². The van der Waals surface area contributed by atoms with Crippen LogP contribution in [-0.2, 0) is 37.3 Å². The number of sulfonamides is 1. The maximum atomic E-state index is 13.8. The molecule has 240 valence electrons. The normalized spacial score (nSPS) is 15.1. The lowest BCUT2D eigenvalue weighted by Crippen LogP contribution is -2.52. The van der Waals surface area contributed by atoms with Crippen LogP contribution in [0.5, 0.6) is 5.75 Å². The Morgan fingerprint density at radius 3 is 2.17 bits per heavy atom. The second-order valence-corrected chi connectivity index (χ2v) is 12.6. The smallest absolute Gasteiger partial charge is 0.261 e. The highest BCUT2D eigenvalue weighted by atomic mass is 32.2. The number of benzene rings is 4. The highest BCUT2D eigenvalue weighted by Gasteiger charge is 2.31. The Kier molecular flexibility index (Phi) is 11.0. The van der Waals surface area contributed by atoms with Crippen LogP contribution in [0.25, 0.3) is 0 Å². The minimum Gasteiger partial charge on any atom is -0.484 e. The van der Waals surface area contributed by atoms with E-state index in [1.54, 1.807) is 0 Å². The molecule has 4 aromatic rings. The molecule has 5 rings (SSSR count). The zero-order valence-electron chi connectivity index (χ0n) is 25.2. The van der Waals surface area contributed by atoms with Crippen molar-refractivity contribution in [1.82, 2.24) is 10.2 Å². The van der Waals surface area contributed by atoms with Gasteiger partial charge in [0.05, 0.1) is 11.0 Å². The van der Waals surface area contributed by atoms with E-state index in [2.05, 4.69) is 10.0 Å². The summed E-state index contributed by atoms with van der Waals surface area (Å²) in [6.07, 6.45) is 2.05. The Bertz CT molecular complexity index is 1680. The minimum atomic E-state index is -3.94. The Morgan fingerprint density at radius 1 is 0.891 bits per heavy atom. The molecule has 0 aliphatic carbocycles. The first-order chi connectivity index (χ1) is 22.3. The van der Waals surface area contributed by atoms with Gasteiger partial charge < -0.3 is 19.7 Å². The van der Waals surface area contributed by atoms with E-state index in [-0.39, 0.29) is 41.5 Å². The lowest BCUT2D eigenvalue weighted by Gasteiger charge is -2.31. The van der Waals surface area contributed by atoms with Gasteiger partial charge in [0.2, 0.25) is 5.91 Å². The first-order valence-corrected chi connectivity index (χ1v) is 16.5. The monoisotopic (exact) mass is 645 g/mol. The Morgan fingerprint density at radius 2 is 1.54 bits per heavy atom. The number of nitrogens with zero attached hydrogens (tertiary/aromatic N) is 1. The largest absolute Gasteiger partial charge is 0.484 e. The summed E-state index contributed by atoms with van der Waals surface area (Å²) in [6.45, 7) is 0.831. The van der Waals surface area contributed by atoms with E-state index in [4.69, 9.17) is 9.47 Å². The van der Waals surface area contributed by atoms with E-state index in [9.17, 15) is 22.4 Å². The van der Waals surface area contributed by atoms with Crippen molar-refractivity contribution >= 4 is 27.5 Å². The van der Waals surface area contributed by atoms with Gasteiger partial charge >= 0.3 is 0 Å². The van der Waals surface area contributed by atoms with Gasteiger partial charge in [-0.3, -0.25) is 14.3 Å². The molecule has 9 nitrogen and oxygen atoms in total. The first-order valence-electron chi connectivity index (χ1n) is 15.0. The molecule has 0 aromatic heterocycles. The number of hydrogen-bond donors (Lipinski definition) is 2. The first kappa shape index (κ1) is 32.6. The molecule has 4 aromatic carbocycles. The maximum Gasteiger partial charge on any atom is 0.261 e. The average Bonchev–Trinajstić information content (AvgIpc) is 3.60. The molecular weight excluding hydrogens is 609 g/mol. The van der Waals surface area contributed by atoms with E-state index in [0.29, 0.717) is 19.6 Å². The van der Waals surface area contributed by atoms with Crippen molar-refractivity contribution in [1.29, 1.82) is 0 Å². The van der Waals surface area contributed by atoms with Crippen molar-refractivity contribution in [3.05, 3.63) is 126 Å². The van der Waals surface area contributed by atoms with E-state index in [1.807, 2.05) is 60.7 Å². The molecule has 2 N–H and O–H groups in total. The summed E-state index contributed by atoms with van der Waals surface area (Å²) in [5.41, 5.74) is 1.97. The second-order valence-electron chi connectivity index (χ2n) is 11.0. The van der Waals surface area contributed by atoms with Crippen molar-refractivity contribution in [3.63, 3.8) is 0 Å². The van der Waals surface area contributed by atoms with Gasteiger partial charge in [-0.15, -0.1) is 0 Å². The zero-order chi connectivity index (χ0) is 32.4. The molecule has 0 unspecified atom stereocenters. The Labute approximate surface area is 268 Å². The van der Waals surface area contributed by atoms with Gasteiger partial charge in [-0.05, 0) is 72.5 Å². The molecular formula is C35H36FN3O6S. The van der Waals surface area contributed by atoms with Crippen molar-refractivity contribution in [2.24, 2.45) is 0 Å². The summed E-state index contributed by atoms with van der Waals surface area (Å²) < 4.78 is 52.7. The van der Waals surface area contributed by atoms with Crippen molar-refractivity contribution in [3.8, 4) is 5.75 Å². The van der Waals surface area contributed by atoms with Crippen LogP contribution in [0.2, 0.25) is 0 Å². The number of nitrogens with one attached hydrogen (secondary N) is 2.